The van der Waals surface area contributed by atoms with Crippen molar-refractivity contribution in [2.45, 2.75) is 62.4 Å². The molecular weight excluding hydrogens is 414 g/mol. The molecule has 2 aliphatic rings. The highest BCUT2D eigenvalue weighted by Gasteiger charge is 2.29. The standard InChI is InChI=1S/C23H31N3O4S/c1-23(2,28)15-25-11-9-21(24)26-22(27)19(13-16-5-3-4-6-16)17-7-8-20-18(14-17)10-12-31(20,29)30/h7-12,14,16,19,25,28H,3-6,13,15H2,1-2H3,(H2,24,26,27)/b11-9-/t19-/m1/s1. The smallest absolute Gasteiger partial charge is 0.255 e. The van der Waals surface area contributed by atoms with Crippen LogP contribution >= 0.6 is 0 Å². The number of amides is 1. The first kappa shape index (κ1) is 23.2. The number of nitrogens with zero attached hydrogens (tertiary/aromatic N) is 1. The topological polar surface area (TPSA) is 122 Å². The number of nitrogens with two attached hydrogens (primary N) is 1. The lowest BCUT2D eigenvalue weighted by Gasteiger charge is -2.19. The Kier molecular flexibility index (Phi) is 7.01. The van der Waals surface area contributed by atoms with Crippen molar-refractivity contribution in [2.75, 3.05) is 6.54 Å². The molecule has 0 aromatic heterocycles. The van der Waals surface area contributed by atoms with E-state index in [4.69, 9.17) is 5.73 Å². The number of carbonyl (C=O) groups is 1. The molecule has 3 rings (SSSR count). The van der Waals surface area contributed by atoms with E-state index in [1.807, 2.05) is 0 Å². The van der Waals surface area contributed by atoms with Crippen molar-refractivity contribution in [2.24, 2.45) is 16.6 Å². The number of hydrogen-bond donors (Lipinski definition) is 3. The lowest BCUT2D eigenvalue weighted by molar-refractivity contribution is -0.119. The van der Waals surface area contributed by atoms with E-state index in [2.05, 4.69) is 10.3 Å². The van der Waals surface area contributed by atoms with Crippen molar-refractivity contribution in [3.8, 4) is 0 Å². The second kappa shape index (κ2) is 9.36. The molecular formula is C23H31N3O4S. The molecule has 1 saturated carbocycles. The van der Waals surface area contributed by atoms with Gasteiger partial charge in [0.15, 0.2) is 9.84 Å². The highest BCUT2D eigenvalue weighted by molar-refractivity contribution is 7.94. The fraction of sp³-hybridized carbons (Fsp3) is 0.478. The third-order valence-corrected chi connectivity index (χ3v) is 7.14. The number of aliphatic hydroxyl groups is 1. The SMILES string of the molecule is CC(C)(O)CN/C=C\C(N)=NC(=O)[C@H](CC1CCCC1)c1ccc2c(c1)C=CS2(=O)=O. The highest BCUT2D eigenvalue weighted by Crippen LogP contribution is 2.37. The van der Waals surface area contributed by atoms with Crippen LogP contribution in [0.1, 0.15) is 63.0 Å². The van der Waals surface area contributed by atoms with Gasteiger partial charge in [-0.2, -0.15) is 4.99 Å². The first-order valence-corrected chi connectivity index (χ1v) is 12.2. The summed E-state index contributed by atoms with van der Waals surface area (Å²) in [5.74, 6) is -0.280. The third-order valence-electron chi connectivity index (χ3n) is 5.66. The van der Waals surface area contributed by atoms with E-state index in [1.165, 1.54) is 11.5 Å². The van der Waals surface area contributed by atoms with Crippen LogP contribution in [0, 0.1) is 5.92 Å². The Bertz CT molecular complexity index is 1010. The molecule has 1 aromatic rings. The second-order valence-electron chi connectivity index (χ2n) is 8.99. The van der Waals surface area contributed by atoms with Gasteiger partial charge in [0.1, 0.15) is 5.84 Å². The number of carbonyl (C=O) groups excluding carboxylic acids is 1. The summed E-state index contributed by atoms with van der Waals surface area (Å²) in [7, 11) is -3.38. The number of aliphatic imine (C=N–C) groups is 1. The maximum Gasteiger partial charge on any atom is 0.255 e. The Morgan fingerprint density at radius 3 is 2.74 bits per heavy atom. The molecule has 0 bridgehead atoms. The largest absolute Gasteiger partial charge is 0.389 e. The maximum atomic E-state index is 13.1. The van der Waals surface area contributed by atoms with Gasteiger partial charge in [-0.1, -0.05) is 31.7 Å². The minimum absolute atomic E-state index is 0.0771. The molecule has 168 valence electrons. The highest BCUT2D eigenvalue weighted by atomic mass is 32.2. The third kappa shape index (κ3) is 6.27. The van der Waals surface area contributed by atoms with E-state index in [0.717, 1.165) is 31.2 Å². The van der Waals surface area contributed by atoms with Crippen LogP contribution in [0.2, 0.25) is 0 Å². The monoisotopic (exact) mass is 445 g/mol. The van der Waals surface area contributed by atoms with Crippen molar-refractivity contribution < 1.29 is 18.3 Å². The van der Waals surface area contributed by atoms with Crippen molar-refractivity contribution in [1.29, 1.82) is 0 Å². The van der Waals surface area contributed by atoms with Crippen molar-refractivity contribution in [3.63, 3.8) is 0 Å². The number of sulfone groups is 1. The quantitative estimate of drug-likeness (QED) is 0.418. The fourth-order valence-corrected chi connectivity index (χ4v) is 5.25. The van der Waals surface area contributed by atoms with Gasteiger partial charge >= 0.3 is 0 Å². The molecule has 1 atom stereocenters. The number of nitrogens with one attached hydrogen (secondary N) is 1. The maximum absolute atomic E-state index is 13.1. The zero-order chi connectivity index (χ0) is 22.6. The number of fused-ring (bicyclic) bond motifs is 1. The van der Waals surface area contributed by atoms with Gasteiger partial charge in [-0.15, -0.1) is 0 Å². The molecule has 1 aliphatic heterocycles. The molecule has 8 heteroatoms. The second-order valence-corrected chi connectivity index (χ2v) is 10.8. The summed E-state index contributed by atoms with van der Waals surface area (Å²) in [4.78, 5) is 17.4. The summed E-state index contributed by atoms with van der Waals surface area (Å²) in [5.41, 5.74) is 6.42. The molecule has 0 spiro atoms. The predicted molar refractivity (Wildman–Crippen MR) is 122 cm³/mol. The van der Waals surface area contributed by atoms with Crippen molar-refractivity contribution in [1.82, 2.24) is 5.32 Å². The van der Waals surface area contributed by atoms with Crippen LogP contribution in [0.15, 0.2) is 45.8 Å². The van der Waals surface area contributed by atoms with E-state index < -0.39 is 21.4 Å². The Labute approximate surface area is 184 Å². The van der Waals surface area contributed by atoms with Gasteiger partial charge in [0.25, 0.3) is 5.91 Å². The zero-order valence-corrected chi connectivity index (χ0v) is 18.9. The lowest BCUT2D eigenvalue weighted by Crippen LogP contribution is -2.32. The number of amidine groups is 1. The number of benzene rings is 1. The Balaban J connectivity index is 1.80. The van der Waals surface area contributed by atoms with Crippen molar-refractivity contribution in [3.05, 3.63) is 47.0 Å². The van der Waals surface area contributed by atoms with E-state index >= 15 is 0 Å². The molecule has 0 radical (unpaired) electrons. The van der Waals surface area contributed by atoms with E-state index in [1.54, 1.807) is 44.3 Å². The van der Waals surface area contributed by atoms with Crippen LogP contribution in [-0.4, -0.2) is 37.4 Å². The van der Waals surface area contributed by atoms with Gasteiger partial charge in [0, 0.05) is 18.2 Å². The van der Waals surface area contributed by atoms with Crippen LogP contribution < -0.4 is 11.1 Å². The predicted octanol–water partition coefficient (Wildman–Crippen LogP) is 2.87. The summed E-state index contributed by atoms with van der Waals surface area (Å²) in [6.07, 6.45) is 9.79. The van der Waals surface area contributed by atoms with Crippen LogP contribution in [0.4, 0.5) is 0 Å². The van der Waals surface area contributed by atoms with Crippen LogP contribution in [0.3, 0.4) is 0 Å². The first-order valence-electron chi connectivity index (χ1n) is 10.6. The van der Waals surface area contributed by atoms with Gasteiger partial charge in [0.05, 0.1) is 16.4 Å². The molecule has 31 heavy (non-hydrogen) atoms. The summed E-state index contributed by atoms with van der Waals surface area (Å²) < 4.78 is 24.1. The molecule has 4 N–H and O–H groups in total. The van der Waals surface area contributed by atoms with Crippen LogP contribution in [-0.2, 0) is 14.6 Å². The average Bonchev–Trinajstić information content (AvgIpc) is 3.30. The normalized spacial score (nSPS) is 19.6. The Morgan fingerprint density at radius 1 is 1.35 bits per heavy atom. The Morgan fingerprint density at radius 2 is 2.06 bits per heavy atom. The zero-order valence-electron chi connectivity index (χ0n) is 18.0. The lowest BCUT2D eigenvalue weighted by atomic mass is 9.86. The summed E-state index contributed by atoms with van der Waals surface area (Å²) in [6.45, 7) is 3.69. The van der Waals surface area contributed by atoms with E-state index in [9.17, 15) is 18.3 Å². The molecule has 0 saturated heterocycles. The van der Waals surface area contributed by atoms with Gasteiger partial charge in [0.2, 0.25) is 0 Å². The van der Waals surface area contributed by atoms with Gasteiger partial charge in [-0.25, -0.2) is 8.42 Å². The fourth-order valence-electron chi connectivity index (χ4n) is 4.06. The van der Waals surface area contributed by atoms with Gasteiger partial charge in [-0.3, -0.25) is 4.79 Å². The summed E-state index contributed by atoms with van der Waals surface area (Å²) in [5, 5.41) is 13.8. The van der Waals surface area contributed by atoms with Crippen LogP contribution in [0.5, 0.6) is 0 Å². The minimum atomic E-state index is -3.38. The molecule has 1 aromatic carbocycles. The molecule has 1 aliphatic carbocycles. The van der Waals surface area contributed by atoms with Gasteiger partial charge in [-0.05, 0) is 61.6 Å². The number of hydrogen-bond acceptors (Lipinski definition) is 5. The Hall–Kier alpha value is -2.45. The average molecular weight is 446 g/mol. The van der Waals surface area contributed by atoms with Gasteiger partial charge < -0.3 is 16.2 Å². The number of rotatable bonds is 8. The minimum Gasteiger partial charge on any atom is -0.389 e. The molecule has 1 heterocycles. The van der Waals surface area contributed by atoms with Crippen molar-refractivity contribution >= 4 is 27.7 Å². The summed E-state index contributed by atoms with van der Waals surface area (Å²) in [6, 6.07) is 5.07. The van der Waals surface area contributed by atoms with Crippen LogP contribution in [0.25, 0.3) is 6.08 Å². The van der Waals surface area contributed by atoms with E-state index in [0.29, 0.717) is 24.4 Å². The molecule has 7 nitrogen and oxygen atoms in total. The summed E-state index contributed by atoms with van der Waals surface area (Å²) >= 11 is 0. The first-order chi connectivity index (χ1) is 14.5. The molecule has 1 amide bonds. The molecule has 0 unspecified atom stereocenters. The molecule has 1 fully saturated rings. The van der Waals surface area contributed by atoms with E-state index in [-0.39, 0.29) is 16.6 Å².